The molecule has 0 saturated heterocycles. The largest absolute Gasteiger partial charge is 0.473 e. The van der Waals surface area contributed by atoms with E-state index in [1.165, 1.54) is 18.7 Å². The van der Waals surface area contributed by atoms with E-state index in [1.54, 1.807) is 0 Å². The molecule has 0 radical (unpaired) electrons. The number of imidazole rings is 1. The van der Waals surface area contributed by atoms with Crippen molar-refractivity contribution in [2.75, 3.05) is 6.26 Å². The van der Waals surface area contributed by atoms with Gasteiger partial charge in [-0.3, -0.25) is 0 Å². The molecule has 1 heterocycles. The fraction of sp³-hybridized carbons (Fsp3) is 0.545. The van der Waals surface area contributed by atoms with Crippen LogP contribution in [0.3, 0.4) is 0 Å². The van der Waals surface area contributed by atoms with Gasteiger partial charge >= 0.3 is 11.9 Å². The van der Waals surface area contributed by atoms with Gasteiger partial charge in [-0.1, -0.05) is 13.3 Å². The number of hydrogen-bond acceptors (Lipinski definition) is 4. The van der Waals surface area contributed by atoms with Crippen molar-refractivity contribution in [3.05, 3.63) is 18.2 Å². The van der Waals surface area contributed by atoms with Crippen molar-refractivity contribution >= 4 is 23.7 Å². The monoisotopic (exact) mass is 469 g/mol. The summed E-state index contributed by atoms with van der Waals surface area (Å²) in [6, 6.07) is 0. The molecule has 2 N–H and O–H groups in total. The topological polar surface area (TPSA) is 92.4 Å². The van der Waals surface area contributed by atoms with Gasteiger partial charge in [-0.25, -0.2) is 14.6 Å². The van der Waals surface area contributed by atoms with Crippen LogP contribution in [0.25, 0.3) is 0 Å². The van der Waals surface area contributed by atoms with Gasteiger partial charge in [0.25, 0.3) is 0 Å². The molecule has 0 unspecified atom stereocenters. The summed E-state index contributed by atoms with van der Waals surface area (Å²) < 4.78 is 2.25. The number of rotatable bonds is 5. The number of aryl methyl sites for hydroxylation is 1. The number of unbranched alkanes of at least 4 members (excludes halogenated alkanes) is 1. The van der Waals surface area contributed by atoms with E-state index >= 15 is 0 Å². The Kier molecular flexibility index (Phi) is 13.2. The van der Waals surface area contributed by atoms with E-state index in [1.807, 2.05) is 18.0 Å². The molecule has 0 fully saturated rings. The molecule has 19 heavy (non-hydrogen) atoms. The van der Waals surface area contributed by atoms with Crippen LogP contribution in [-0.2, 0) is 43.0 Å². The zero-order chi connectivity index (χ0) is 14.0. The van der Waals surface area contributed by atoms with Gasteiger partial charge in [0.2, 0.25) is 0 Å². The standard InChI is InChI=1S/C9H16N2S.C2H2O4.Pt/c1-3-4-6-11-7-5-10-9(11)8-12-2;3-1(4)2(5)6;/h5,7H,3-4,6,8H2,1-2H3;(H,3,4)(H,5,6);. The molecule has 0 aliphatic carbocycles. The van der Waals surface area contributed by atoms with Gasteiger partial charge in [0.15, 0.2) is 0 Å². The molecule has 0 spiro atoms. The van der Waals surface area contributed by atoms with Gasteiger partial charge in [-0.15, -0.1) is 0 Å². The van der Waals surface area contributed by atoms with Crippen molar-refractivity contribution < 1.29 is 40.9 Å². The van der Waals surface area contributed by atoms with Gasteiger partial charge < -0.3 is 14.8 Å². The summed E-state index contributed by atoms with van der Waals surface area (Å²) in [5.74, 6) is -1.42. The van der Waals surface area contributed by atoms with E-state index in [0.29, 0.717) is 0 Å². The molecular formula is C11H18N2O4PtS. The Morgan fingerprint density at radius 2 is 1.95 bits per heavy atom. The molecule has 8 heteroatoms. The third kappa shape index (κ3) is 9.73. The Morgan fingerprint density at radius 1 is 1.37 bits per heavy atom. The maximum absolute atomic E-state index is 9.10. The van der Waals surface area contributed by atoms with Crippen molar-refractivity contribution in [1.29, 1.82) is 0 Å². The maximum atomic E-state index is 9.10. The minimum absolute atomic E-state index is 0. The first-order chi connectivity index (χ1) is 8.52. The SMILES string of the molecule is CCCCn1ccnc1CSC.O=C(O)C(=O)O.[Pt]. The zero-order valence-corrected chi connectivity index (χ0v) is 13.9. The summed E-state index contributed by atoms with van der Waals surface area (Å²) in [6.07, 6.45) is 8.57. The normalized spacial score (nSPS) is 8.95. The zero-order valence-electron chi connectivity index (χ0n) is 10.8. The van der Waals surface area contributed by atoms with Crippen LogP contribution in [0.5, 0.6) is 0 Å². The molecule has 0 saturated carbocycles. The summed E-state index contributed by atoms with van der Waals surface area (Å²) >= 11 is 1.82. The molecule has 112 valence electrons. The van der Waals surface area contributed by atoms with E-state index in [-0.39, 0.29) is 21.1 Å². The number of carbonyl (C=O) groups is 2. The predicted octanol–water partition coefficient (Wildman–Crippen LogP) is 1.70. The summed E-state index contributed by atoms with van der Waals surface area (Å²) in [7, 11) is 0. The fourth-order valence-electron chi connectivity index (χ4n) is 1.14. The van der Waals surface area contributed by atoms with Crippen LogP contribution in [0.15, 0.2) is 12.4 Å². The van der Waals surface area contributed by atoms with Gasteiger partial charge in [0, 0.05) is 40.0 Å². The molecule has 0 amide bonds. The molecule has 0 bridgehead atoms. The Morgan fingerprint density at radius 3 is 2.37 bits per heavy atom. The van der Waals surface area contributed by atoms with E-state index in [2.05, 4.69) is 28.9 Å². The third-order valence-corrected chi connectivity index (χ3v) is 2.56. The first-order valence-corrected chi connectivity index (χ1v) is 6.87. The predicted molar refractivity (Wildman–Crippen MR) is 69.6 cm³/mol. The van der Waals surface area contributed by atoms with Crippen LogP contribution in [0, 0.1) is 0 Å². The first-order valence-electron chi connectivity index (χ1n) is 5.48. The molecule has 0 atom stereocenters. The summed E-state index contributed by atoms with van der Waals surface area (Å²) in [6.45, 7) is 3.33. The van der Waals surface area contributed by atoms with E-state index in [4.69, 9.17) is 19.8 Å². The van der Waals surface area contributed by atoms with Crippen LogP contribution in [0.2, 0.25) is 0 Å². The summed E-state index contributed by atoms with van der Waals surface area (Å²) in [4.78, 5) is 22.5. The molecule has 1 aromatic rings. The second-order valence-corrected chi connectivity index (χ2v) is 4.30. The van der Waals surface area contributed by atoms with Gasteiger partial charge in [0.05, 0.1) is 5.75 Å². The number of carboxylic acid groups (broad SMARTS) is 2. The van der Waals surface area contributed by atoms with Crippen LogP contribution < -0.4 is 0 Å². The van der Waals surface area contributed by atoms with Crippen molar-refractivity contribution in [1.82, 2.24) is 9.55 Å². The third-order valence-electron chi connectivity index (χ3n) is 2.01. The molecule has 0 aliphatic heterocycles. The van der Waals surface area contributed by atoms with Crippen LogP contribution in [0.4, 0.5) is 0 Å². The summed E-state index contributed by atoms with van der Waals surface area (Å²) in [5, 5.41) is 14.8. The molecule has 0 aromatic carbocycles. The van der Waals surface area contributed by atoms with Crippen molar-refractivity contribution in [3.63, 3.8) is 0 Å². The first kappa shape index (κ1) is 20.5. The second kappa shape index (κ2) is 12.2. The fourth-order valence-corrected chi connectivity index (χ4v) is 1.64. The van der Waals surface area contributed by atoms with Crippen molar-refractivity contribution in [3.8, 4) is 0 Å². The molecule has 1 rings (SSSR count). The Hall–Kier alpha value is -0.812. The number of hydrogen-bond donors (Lipinski definition) is 2. The number of aliphatic carboxylic acids is 2. The quantitative estimate of drug-likeness (QED) is 0.638. The van der Waals surface area contributed by atoms with Gasteiger partial charge in [0.1, 0.15) is 5.82 Å². The molecule has 1 aromatic heterocycles. The van der Waals surface area contributed by atoms with Crippen LogP contribution in [-0.4, -0.2) is 38.0 Å². The number of carboxylic acids is 2. The average molecular weight is 469 g/mol. The average Bonchev–Trinajstić information content (AvgIpc) is 2.75. The van der Waals surface area contributed by atoms with E-state index < -0.39 is 11.9 Å². The molecule has 6 nitrogen and oxygen atoms in total. The molecular weight excluding hydrogens is 451 g/mol. The Bertz CT molecular complexity index is 373. The van der Waals surface area contributed by atoms with Crippen molar-refractivity contribution in [2.24, 2.45) is 0 Å². The smallest absolute Gasteiger partial charge is 0.414 e. The Labute approximate surface area is 130 Å². The number of nitrogens with zero attached hydrogens (tertiary/aromatic N) is 2. The maximum Gasteiger partial charge on any atom is 0.414 e. The van der Waals surface area contributed by atoms with E-state index in [0.717, 1.165) is 12.3 Å². The Balaban J connectivity index is 0. The minimum atomic E-state index is -1.82. The van der Waals surface area contributed by atoms with Crippen LogP contribution in [0.1, 0.15) is 25.6 Å². The minimum Gasteiger partial charge on any atom is -0.473 e. The van der Waals surface area contributed by atoms with Crippen LogP contribution >= 0.6 is 11.8 Å². The van der Waals surface area contributed by atoms with Gasteiger partial charge in [-0.05, 0) is 12.7 Å². The second-order valence-electron chi connectivity index (χ2n) is 3.43. The number of aromatic nitrogens is 2. The van der Waals surface area contributed by atoms with E-state index in [9.17, 15) is 0 Å². The molecule has 0 aliphatic rings. The number of thioether (sulfide) groups is 1. The van der Waals surface area contributed by atoms with Gasteiger partial charge in [-0.2, -0.15) is 11.8 Å². The summed E-state index contributed by atoms with van der Waals surface area (Å²) in [5.41, 5.74) is 0. The van der Waals surface area contributed by atoms with Crippen molar-refractivity contribution in [2.45, 2.75) is 32.1 Å².